The van der Waals surface area contributed by atoms with Crippen molar-refractivity contribution in [1.29, 1.82) is 0 Å². The molecule has 0 bridgehead atoms. The zero-order chi connectivity index (χ0) is 24.5. The van der Waals surface area contributed by atoms with Gasteiger partial charge in [-0.1, -0.05) is 49.4 Å². The number of carbonyl (C=O) groups excluding carboxylic acids is 2. The molecule has 2 amide bonds. The van der Waals surface area contributed by atoms with Crippen LogP contribution in [0.5, 0.6) is 11.5 Å². The quantitative estimate of drug-likeness (QED) is 0.243. The van der Waals surface area contributed by atoms with Gasteiger partial charge in [-0.25, -0.2) is 0 Å². The number of anilines is 2. The Labute approximate surface area is 200 Å². The second-order valence-electron chi connectivity index (χ2n) is 7.85. The number of methoxy groups -OCH3 is 1. The van der Waals surface area contributed by atoms with Gasteiger partial charge >= 0.3 is 0 Å². The van der Waals surface area contributed by atoms with Gasteiger partial charge in [0.15, 0.2) is 11.5 Å². The van der Waals surface area contributed by atoms with E-state index in [-0.39, 0.29) is 5.57 Å². The van der Waals surface area contributed by atoms with Crippen LogP contribution in [0.15, 0.2) is 72.3 Å². The molecule has 176 valence electrons. The van der Waals surface area contributed by atoms with E-state index in [1.807, 2.05) is 57.2 Å². The van der Waals surface area contributed by atoms with Crippen molar-refractivity contribution in [2.45, 2.75) is 27.2 Å². The second-order valence-corrected chi connectivity index (χ2v) is 7.85. The lowest BCUT2D eigenvalue weighted by Gasteiger charge is -2.14. The molecular formula is C28H30N2O4. The number of hydrogen-bond donors (Lipinski definition) is 2. The number of rotatable bonds is 9. The smallest absolute Gasteiger partial charge is 0.261 e. The lowest BCUT2D eigenvalue weighted by molar-refractivity contribution is -0.118. The maximum Gasteiger partial charge on any atom is 0.261 e. The number of aryl methyl sites for hydroxylation is 2. The molecule has 2 N–H and O–H groups in total. The van der Waals surface area contributed by atoms with Gasteiger partial charge < -0.3 is 20.1 Å². The Morgan fingerprint density at radius 2 is 1.38 bits per heavy atom. The van der Waals surface area contributed by atoms with Crippen LogP contribution in [0, 0.1) is 13.8 Å². The van der Waals surface area contributed by atoms with Crippen molar-refractivity contribution >= 4 is 29.3 Å². The van der Waals surface area contributed by atoms with Gasteiger partial charge in [-0.2, -0.15) is 0 Å². The molecule has 0 unspecified atom stereocenters. The third-order valence-corrected chi connectivity index (χ3v) is 5.24. The van der Waals surface area contributed by atoms with Crippen LogP contribution in [-0.4, -0.2) is 25.5 Å². The maximum absolute atomic E-state index is 13.3. The van der Waals surface area contributed by atoms with Crippen LogP contribution in [-0.2, 0) is 9.59 Å². The number of ether oxygens (including phenoxy) is 2. The number of carbonyl (C=O) groups is 2. The van der Waals surface area contributed by atoms with Crippen LogP contribution < -0.4 is 20.1 Å². The van der Waals surface area contributed by atoms with Gasteiger partial charge in [0, 0.05) is 11.4 Å². The van der Waals surface area contributed by atoms with Crippen LogP contribution in [0.4, 0.5) is 11.4 Å². The number of hydrogen-bond acceptors (Lipinski definition) is 4. The summed E-state index contributed by atoms with van der Waals surface area (Å²) in [5.41, 5.74) is 3.69. The highest BCUT2D eigenvalue weighted by atomic mass is 16.5. The molecule has 0 aliphatic carbocycles. The summed E-state index contributed by atoms with van der Waals surface area (Å²) < 4.78 is 11.2. The van der Waals surface area contributed by atoms with E-state index in [0.717, 1.165) is 17.5 Å². The Balaban J connectivity index is 1.99. The minimum atomic E-state index is -0.507. The summed E-state index contributed by atoms with van der Waals surface area (Å²) >= 11 is 0. The minimum absolute atomic E-state index is 0.0295. The van der Waals surface area contributed by atoms with Gasteiger partial charge in [0.1, 0.15) is 5.57 Å². The molecule has 3 aromatic rings. The molecular weight excluding hydrogens is 428 g/mol. The van der Waals surface area contributed by atoms with Gasteiger partial charge in [-0.05, 0) is 67.3 Å². The SMILES string of the molecule is CCCOc1cc(C=C(C(=O)Nc2ccccc2C)C(=O)Nc2ccccc2C)ccc1OC. The van der Waals surface area contributed by atoms with Crippen LogP contribution in [0.25, 0.3) is 6.08 Å². The second kappa shape index (κ2) is 11.7. The Bertz CT molecular complexity index is 1140. The van der Waals surface area contributed by atoms with E-state index >= 15 is 0 Å². The van der Waals surface area contributed by atoms with Gasteiger partial charge in [-0.3, -0.25) is 9.59 Å². The van der Waals surface area contributed by atoms with Crippen molar-refractivity contribution in [3.63, 3.8) is 0 Å². The molecule has 3 rings (SSSR count). The van der Waals surface area contributed by atoms with Crippen LogP contribution >= 0.6 is 0 Å². The van der Waals surface area contributed by atoms with E-state index in [4.69, 9.17) is 9.47 Å². The zero-order valence-electron chi connectivity index (χ0n) is 20.0. The summed E-state index contributed by atoms with van der Waals surface area (Å²) in [6.07, 6.45) is 2.39. The van der Waals surface area contributed by atoms with Crippen molar-refractivity contribution in [2.75, 3.05) is 24.4 Å². The third kappa shape index (κ3) is 6.25. The fraction of sp³-hybridized carbons (Fsp3) is 0.214. The van der Waals surface area contributed by atoms with E-state index in [1.165, 1.54) is 0 Å². The summed E-state index contributed by atoms with van der Waals surface area (Å²) in [5.74, 6) is 0.122. The number of amides is 2. The molecule has 0 aliphatic heterocycles. The lowest BCUT2D eigenvalue weighted by Crippen LogP contribution is -2.25. The highest BCUT2D eigenvalue weighted by molar-refractivity contribution is 6.29. The lowest BCUT2D eigenvalue weighted by atomic mass is 10.1. The average Bonchev–Trinajstić information content (AvgIpc) is 2.84. The molecule has 0 aromatic heterocycles. The van der Waals surface area contributed by atoms with E-state index in [2.05, 4.69) is 10.6 Å². The number of nitrogens with one attached hydrogen (secondary N) is 2. The normalized spacial score (nSPS) is 10.2. The molecule has 0 saturated heterocycles. The Morgan fingerprint density at radius 1 is 0.824 bits per heavy atom. The Kier molecular flexibility index (Phi) is 8.46. The van der Waals surface area contributed by atoms with Gasteiger partial charge in [0.05, 0.1) is 13.7 Å². The highest BCUT2D eigenvalue weighted by Crippen LogP contribution is 2.29. The van der Waals surface area contributed by atoms with Gasteiger partial charge in [0.2, 0.25) is 0 Å². The van der Waals surface area contributed by atoms with Crippen molar-refractivity contribution in [3.05, 3.63) is 89.0 Å². The summed E-state index contributed by atoms with van der Waals surface area (Å²) in [4.78, 5) is 26.5. The van der Waals surface area contributed by atoms with Crippen molar-refractivity contribution in [3.8, 4) is 11.5 Å². The first-order valence-corrected chi connectivity index (χ1v) is 11.2. The standard InChI is InChI=1S/C28H30N2O4/c1-5-16-34-26-18-21(14-15-25(26)33-4)17-22(27(31)29-23-12-8-6-10-19(23)2)28(32)30-24-13-9-7-11-20(24)3/h6-15,17-18H,5,16H2,1-4H3,(H,29,31)(H,30,32). The first-order chi connectivity index (χ1) is 16.4. The maximum atomic E-state index is 13.3. The monoisotopic (exact) mass is 458 g/mol. The first-order valence-electron chi connectivity index (χ1n) is 11.2. The first kappa shape index (κ1) is 24.6. The largest absolute Gasteiger partial charge is 0.493 e. The van der Waals surface area contributed by atoms with Gasteiger partial charge in [-0.15, -0.1) is 0 Å². The number of para-hydroxylation sites is 2. The fourth-order valence-corrected chi connectivity index (χ4v) is 3.31. The summed E-state index contributed by atoms with van der Waals surface area (Å²) in [5, 5.41) is 5.72. The Morgan fingerprint density at radius 3 is 1.88 bits per heavy atom. The molecule has 0 heterocycles. The molecule has 0 fully saturated rings. The summed E-state index contributed by atoms with van der Waals surface area (Å²) in [7, 11) is 1.57. The fourth-order valence-electron chi connectivity index (χ4n) is 3.31. The molecule has 6 nitrogen and oxygen atoms in total. The Hall–Kier alpha value is -4.06. The zero-order valence-corrected chi connectivity index (χ0v) is 20.0. The van der Waals surface area contributed by atoms with E-state index < -0.39 is 11.8 Å². The van der Waals surface area contributed by atoms with E-state index in [1.54, 1.807) is 43.5 Å². The minimum Gasteiger partial charge on any atom is -0.493 e. The molecule has 6 heteroatoms. The molecule has 34 heavy (non-hydrogen) atoms. The van der Waals surface area contributed by atoms with Crippen molar-refractivity contribution in [2.24, 2.45) is 0 Å². The third-order valence-electron chi connectivity index (χ3n) is 5.24. The van der Waals surface area contributed by atoms with E-state index in [0.29, 0.717) is 35.0 Å². The van der Waals surface area contributed by atoms with Crippen LogP contribution in [0.1, 0.15) is 30.0 Å². The molecule has 0 spiro atoms. The van der Waals surface area contributed by atoms with Crippen LogP contribution in [0.3, 0.4) is 0 Å². The molecule has 0 saturated carbocycles. The van der Waals surface area contributed by atoms with Crippen molar-refractivity contribution in [1.82, 2.24) is 0 Å². The van der Waals surface area contributed by atoms with E-state index in [9.17, 15) is 9.59 Å². The highest BCUT2D eigenvalue weighted by Gasteiger charge is 2.20. The van der Waals surface area contributed by atoms with Gasteiger partial charge in [0.25, 0.3) is 11.8 Å². The average molecular weight is 459 g/mol. The predicted octanol–water partition coefficient (Wildman–Crippen LogP) is 5.76. The summed E-state index contributed by atoms with van der Waals surface area (Å²) in [6, 6.07) is 20.1. The van der Waals surface area contributed by atoms with Crippen molar-refractivity contribution < 1.29 is 19.1 Å². The molecule has 0 atom stereocenters. The topological polar surface area (TPSA) is 76.7 Å². The number of benzene rings is 3. The molecule has 3 aromatic carbocycles. The predicted molar refractivity (Wildman–Crippen MR) is 136 cm³/mol. The molecule has 0 aliphatic rings. The molecule has 0 radical (unpaired) electrons. The van der Waals surface area contributed by atoms with Crippen LogP contribution in [0.2, 0.25) is 0 Å². The summed E-state index contributed by atoms with van der Waals surface area (Å²) in [6.45, 7) is 6.33.